The predicted molar refractivity (Wildman–Crippen MR) is 80.0 cm³/mol. The summed E-state index contributed by atoms with van der Waals surface area (Å²) in [5.74, 6) is -1.24. The van der Waals surface area contributed by atoms with E-state index in [-0.39, 0.29) is 17.9 Å². The van der Waals surface area contributed by atoms with E-state index in [9.17, 15) is 9.59 Å². The van der Waals surface area contributed by atoms with Crippen LogP contribution in [0.15, 0.2) is 22.7 Å². The number of nitrogens with one attached hydrogen (secondary N) is 1. The molecule has 1 fully saturated rings. The molecular weight excluding hydrogens is 346 g/mol. The fourth-order valence-corrected chi connectivity index (χ4v) is 3.01. The van der Waals surface area contributed by atoms with Gasteiger partial charge in [-0.1, -0.05) is 17.7 Å². The topological polar surface area (TPSA) is 66.4 Å². The number of benzene rings is 1. The van der Waals surface area contributed by atoms with E-state index in [1.165, 1.54) is 0 Å². The Balaban J connectivity index is 1.96. The summed E-state index contributed by atoms with van der Waals surface area (Å²) in [4.78, 5) is 23.0. The van der Waals surface area contributed by atoms with Crippen molar-refractivity contribution < 1.29 is 14.7 Å². The molecule has 0 bridgehead atoms. The van der Waals surface area contributed by atoms with Gasteiger partial charge in [-0.05, 0) is 53.7 Å². The summed E-state index contributed by atoms with van der Waals surface area (Å²) in [7, 11) is 0. The van der Waals surface area contributed by atoms with Crippen molar-refractivity contribution in [1.82, 2.24) is 5.32 Å². The minimum atomic E-state index is -0.746. The molecule has 4 nitrogen and oxygen atoms in total. The Morgan fingerprint density at radius 2 is 1.90 bits per heavy atom. The first-order valence-electron chi connectivity index (χ1n) is 6.46. The van der Waals surface area contributed by atoms with E-state index < -0.39 is 5.97 Å². The summed E-state index contributed by atoms with van der Waals surface area (Å²) >= 11 is 9.37. The fraction of sp³-hybridized carbons (Fsp3) is 0.429. The Kier molecular flexibility index (Phi) is 5.05. The number of aliphatic carboxylic acids is 1. The van der Waals surface area contributed by atoms with Crippen LogP contribution in [0.25, 0.3) is 0 Å². The maximum absolute atomic E-state index is 12.2. The van der Waals surface area contributed by atoms with E-state index in [2.05, 4.69) is 21.2 Å². The summed E-state index contributed by atoms with van der Waals surface area (Å²) in [6.45, 7) is 0. The third kappa shape index (κ3) is 3.52. The number of carbonyl (C=O) groups is 2. The van der Waals surface area contributed by atoms with Gasteiger partial charge in [-0.15, -0.1) is 0 Å². The van der Waals surface area contributed by atoms with Crippen LogP contribution >= 0.6 is 27.5 Å². The second-order valence-corrected chi connectivity index (χ2v) is 6.19. The Hall–Kier alpha value is -1.07. The van der Waals surface area contributed by atoms with Crippen LogP contribution in [0, 0.1) is 5.92 Å². The lowest BCUT2D eigenvalue weighted by Gasteiger charge is -2.27. The second-order valence-electron chi connectivity index (χ2n) is 4.96. The quantitative estimate of drug-likeness (QED) is 0.867. The van der Waals surface area contributed by atoms with Crippen LogP contribution in [0.1, 0.15) is 36.0 Å². The number of carboxylic acids is 1. The Bertz CT molecular complexity index is 527. The van der Waals surface area contributed by atoms with Crippen molar-refractivity contribution in [3.63, 3.8) is 0 Å². The van der Waals surface area contributed by atoms with Crippen molar-refractivity contribution in [1.29, 1.82) is 0 Å². The lowest BCUT2D eigenvalue weighted by Crippen LogP contribution is -2.38. The van der Waals surface area contributed by atoms with E-state index >= 15 is 0 Å². The summed E-state index contributed by atoms with van der Waals surface area (Å²) in [5.41, 5.74) is 0.432. The molecule has 1 saturated carbocycles. The SMILES string of the molecule is O=C(NC1CCC(C(=O)O)CC1)c1cccc(Br)c1Cl. The maximum atomic E-state index is 12.2. The molecule has 0 heterocycles. The van der Waals surface area contributed by atoms with Crippen LogP contribution in [0.5, 0.6) is 0 Å². The zero-order valence-corrected chi connectivity index (χ0v) is 13.1. The fourth-order valence-electron chi connectivity index (χ4n) is 2.43. The molecule has 0 atom stereocenters. The van der Waals surface area contributed by atoms with Gasteiger partial charge < -0.3 is 10.4 Å². The monoisotopic (exact) mass is 359 g/mol. The van der Waals surface area contributed by atoms with Crippen LogP contribution in [-0.2, 0) is 4.79 Å². The number of halogens is 2. The minimum absolute atomic E-state index is 0.0214. The molecule has 2 rings (SSSR count). The van der Waals surface area contributed by atoms with Crippen molar-refractivity contribution in [2.45, 2.75) is 31.7 Å². The van der Waals surface area contributed by atoms with Crippen LogP contribution in [0.2, 0.25) is 5.02 Å². The van der Waals surface area contributed by atoms with E-state index in [0.29, 0.717) is 40.7 Å². The van der Waals surface area contributed by atoms with Gasteiger partial charge in [0.25, 0.3) is 5.91 Å². The van der Waals surface area contributed by atoms with Gasteiger partial charge in [0.15, 0.2) is 0 Å². The van der Waals surface area contributed by atoms with Gasteiger partial charge in [-0.3, -0.25) is 9.59 Å². The lowest BCUT2D eigenvalue weighted by molar-refractivity contribution is -0.142. The number of rotatable bonds is 3. The van der Waals surface area contributed by atoms with Crippen molar-refractivity contribution in [2.24, 2.45) is 5.92 Å². The smallest absolute Gasteiger partial charge is 0.306 e. The van der Waals surface area contributed by atoms with Gasteiger partial charge in [0.1, 0.15) is 0 Å². The summed E-state index contributed by atoms with van der Waals surface area (Å²) in [5, 5.41) is 12.3. The number of hydrogen-bond donors (Lipinski definition) is 2. The second kappa shape index (κ2) is 6.59. The number of amides is 1. The molecule has 1 aliphatic rings. The van der Waals surface area contributed by atoms with Gasteiger partial charge in [0, 0.05) is 10.5 Å². The van der Waals surface area contributed by atoms with Crippen molar-refractivity contribution in [3.05, 3.63) is 33.3 Å². The number of carboxylic acid groups (broad SMARTS) is 1. The average Bonchev–Trinajstić information content (AvgIpc) is 2.42. The molecule has 6 heteroatoms. The van der Waals surface area contributed by atoms with Crippen LogP contribution < -0.4 is 5.32 Å². The normalized spacial score (nSPS) is 22.3. The van der Waals surface area contributed by atoms with Gasteiger partial charge in [-0.2, -0.15) is 0 Å². The van der Waals surface area contributed by atoms with Crippen LogP contribution in [0.4, 0.5) is 0 Å². The molecule has 1 aliphatic carbocycles. The highest BCUT2D eigenvalue weighted by Crippen LogP contribution is 2.27. The Morgan fingerprint density at radius 3 is 2.50 bits per heavy atom. The molecule has 2 N–H and O–H groups in total. The zero-order chi connectivity index (χ0) is 14.7. The Labute approximate surface area is 130 Å². The molecule has 0 unspecified atom stereocenters. The highest BCUT2D eigenvalue weighted by molar-refractivity contribution is 9.10. The molecule has 1 amide bonds. The average molecular weight is 361 g/mol. The van der Waals surface area contributed by atoms with Crippen molar-refractivity contribution >= 4 is 39.4 Å². The number of hydrogen-bond acceptors (Lipinski definition) is 2. The zero-order valence-electron chi connectivity index (χ0n) is 10.7. The third-order valence-corrected chi connectivity index (χ3v) is 4.90. The molecule has 0 aromatic heterocycles. The van der Waals surface area contributed by atoms with Gasteiger partial charge in [0.2, 0.25) is 0 Å². The van der Waals surface area contributed by atoms with Crippen molar-refractivity contribution in [2.75, 3.05) is 0 Å². The molecule has 0 aliphatic heterocycles. The number of carbonyl (C=O) groups excluding carboxylic acids is 1. The summed E-state index contributed by atoms with van der Waals surface area (Å²) in [6.07, 6.45) is 2.58. The standard InChI is InChI=1S/C14H15BrClNO3/c15-11-3-1-2-10(12(11)16)13(18)17-9-6-4-8(5-7-9)14(19)20/h1-3,8-9H,4-7H2,(H,17,18)(H,19,20). The molecule has 108 valence electrons. The summed E-state index contributed by atoms with van der Waals surface area (Å²) in [6, 6.07) is 5.22. The molecule has 1 aromatic rings. The van der Waals surface area contributed by atoms with Gasteiger partial charge >= 0.3 is 5.97 Å². The van der Waals surface area contributed by atoms with E-state index in [1.807, 2.05) is 0 Å². The van der Waals surface area contributed by atoms with E-state index in [0.717, 1.165) is 0 Å². The van der Waals surface area contributed by atoms with Crippen LogP contribution in [0.3, 0.4) is 0 Å². The molecule has 0 spiro atoms. The van der Waals surface area contributed by atoms with E-state index in [4.69, 9.17) is 16.7 Å². The lowest BCUT2D eigenvalue weighted by atomic mass is 9.86. The largest absolute Gasteiger partial charge is 0.481 e. The first kappa shape index (κ1) is 15.3. The molecule has 1 aromatic carbocycles. The first-order valence-corrected chi connectivity index (χ1v) is 7.64. The molecule has 0 saturated heterocycles. The highest BCUT2D eigenvalue weighted by atomic mass is 79.9. The van der Waals surface area contributed by atoms with Gasteiger partial charge in [-0.25, -0.2) is 0 Å². The van der Waals surface area contributed by atoms with Crippen LogP contribution in [-0.4, -0.2) is 23.0 Å². The minimum Gasteiger partial charge on any atom is -0.481 e. The maximum Gasteiger partial charge on any atom is 0.306 e. The molecular formula is C14H15BrClNO3. The first-order chi connectivity index (χ1) is 9.49. The van der Waals surface area contributed by atoms with Gasteiger partial charge in [0.05, 0.1) is 16.5 Å². The predicted octanol–water partition coefficient (Wildman–Crippen LogP) is 3.48. The summed E-state index contributed by atoms with van der Waals surface area (Å²) < 4.78 is 0.682. The Morgan fingerprint density at radius 1 is 1.25 bits per heavy atom. The highest BCUT2D eigenvalue weighted by Gasteiger charge is 2.27. The van der Waals surface area contributed by atoms with Crippen molar-refractivity contribution in [3.8, 4) is 0 Å². The third-order valence-electron chi connectivity index (χ3n) is 3.61. The molecule has 20 heavy (non-hydrogen) atoms. The molecule has 0 radical (unpaired) electrons. The van der Waals surface area contributed by atoms with E-state index in [1.54, 1.807) is 18.2 Å².